The molecule has 0 atom stereocenters. The fraction of sp³-hybridized carbons (Fsp3) is 0. The molecule has 11 heteroatoms. The first-order chi connectivity index (χ1) is 21.3. The Kier molecular flexibility index (Phi) is 5.40. The van der Waals surface area contributed by atoms with Gasteiger partial charge in [-0.2, -0.15) is 0 Å². The number of phenols is 5. The van der Waals surface area contributed by atoms with E-state index in [2.05, 4.69) is 9.97 Å². The van der Waals surface area contributed by atoms with Gasteiger partial charge in [-0.3, -0.25) is 0 Å². The van der Waals surface area contributed by atoms with Crippen LogP contribution in [0.3, 0.4) is 0 Å². The number of nitrogens with zero attached hydrogens (tertiary/aromatic N) is 3. The van der Waals surface area contributed by atoms with Gasteiger partial charge in [0.25, 0.3) is 0 Å². The molecule has 0 aliphatic heterocycles. The van der Waals surface area contributed by atoms with E-state index in [1.54, 1.807) is 36.4 Å². The zero-order chi connectivity index (χ0) is 30.3. The smallest absolute Gasteiger partial charge is 0.208 e. The quantitative estimate of drug-likeness (QED) is 0.0990. The minimum atomic E-state index is -1.09. The van der Waals surface area contributed by atoms with E-state index in [0.29, 0.717) is 38.5 Å². The average molecular weight is 604 g/mol. The van der Waals surface area contributed by atoms with E-state index in [0.717, 1.165) is 21.5 Å². The highest BCUT2D eigenvalue weighted by Crippen LogP contribution is 2.54. The zero-order valence-corrected chi connectivity index (χ0v) is 23.0. The third-order valence-electron chi connectivity index (χ3n) is 7.56. The molecule has 0 unspecified atom stereocenters. The number of rotatable bonds is 3. The first-order valence-electron chi connectivity index (χ1n) is 13.3. The van der Waals surface area contributed by atoms with E-state index in [9.17, 15) is 25.5 Å². The van der Waals surface area contributed by atoms with E-state index in [-0.39, 0.29) is 17.5 Å². The van der Waals surface area contributed by atoms with Gasteiger partial charge in [0.1, 0.15) is 27.9 Å². The summed E-state index contributed by atoms with van der Waals surface area (Å²) < 4.78 is 12.1. The summed E-state index contributed by atoms with van der Waals surface area (Å²) in [6.45, 7) is 0. The van der Waals surface area contributed by atoms with Crippen LogP contribution in [0.25, 0.3) is 78.0 Å². The van der Waals surface area contributed by atoms with Crippen LogP contribution in [-0.2, 0) is 0 Å². The van der Waals surface area contributed by atoms with E-state index >= 15 is 0 Å². The number of furan rings is 2. The molecule has 8 aromatic rings. The molecule has 0 aliphatic carbocycles. The summed E-state index contributed by atoms with van der Waals surface area (Å²) in [5.74, 6) is -5.09. The Balaban J connectivity index is 1.37. The summed E-state index contributed by atoms with van der Waals surface area (Å²) in [6.07, 6.45) is 0. The van der Waals surface area contributed by atoms with Crippen molar-refractivity contribution in [2.75, 3.05) is 0 Å². The van der Waals surface area contributed by atoms with Crippen molar-refractivity contribution in [2.24, 2.45) is 0 Å². The van der Waals surface area contributed by atoms with Gasteiger partial charge in [0, 0.05) is 37.7 Å². The summed E-state index contributed by atoms with van der Waals surface area (Å²) >= 11 is 6.20. The second-order valence-electron chi connectivity index (χ2n) is 10.2. The molecule has 214 valence electrons. The van der Waals surface area contributed by atoms with Crippen LogP contribution < -0.4 is 0 Å². The molecule has 8 rings (SSSR count). The van der Waals surface area contributed by atoms with Gasteiger partial charge in [-0.25, -0.2) is 15.0 Å². The Morgan fingerprint density at radius 3 is 1.59 bits per heavy atom. The van der Waals surface area contributed by atoms with E-state index in [1.807, 2.05) is 42.5 Å². The molecular weight excluding hydrogens is 586 g/mol. The highest BCUT2D eigenvalue weighted by atomic mass is 35.5. The van der Waals surface area contributed by atoms with Crippen molar-refractivity contribution in [3.63, 3.8) is 0 Å². The molecule has 3 heterocycles. The third kappa shape index (κ3) is 3.78. The molecule has 0 amide bonds. The van der Waals surface area contributed by atoms with Crippen molar-refractivity contribution in [3.05, 3.63) is 83.9 Å². The summed E-state index contributed by atoms with van der Waals surface area (Å²) in [6, 6.07) is 23.7. The molecule has 5 aromatic carbocycles. The molecule has 5 N–H and O–H groups in total. The van der Waals surface area contributed by atoms with Crippen molar-refractivity contribution in [3.8, 4) is 62.9 Å². The highest BCUT2D eigenvalue weighted by molar-refractivity contribution is 6.31. The number of aromatic nitrogens is 3. The lowest BCUT2D eigenvalue weighted by Gasteiger charge is -2.13. The maximum atomic E-state index is 10.7. The molecule has 10 nitrogen and oxygen atoms in total. The predicted octanol–water partition coefficient (Wildman–Crippen LogP) is 7.85. The second-order valence-corrected chi connectivity index (χ2v) is 10.6. The van der Waals surface area contributed by atoms with Crippen molar-refractivity contribution in [1.29, 1.82) is 0 Å². The fourth-order valence-corrected chi connectivity index (χ4v) is 5.57. The van der Waals surface area contributed by atoms with Gasteiger partial charge in [0.2, 0.25) is 17.2 Å². The van der Waals surface area contributed by atoms with Gasteiger partial charge < -0.3 is 34.4 Å². The number of fused-ring (bicyclic) bond motifs is 6. The van der Waals surface area contributed by atoms with Gasteiger partial charge in [-0.15, -0.1) is 0 Å². The maximum absolute atomic E-state index is 10.7. The lowest BCUT2D eigenvalue weighted by atomic mass is 10.1. The minimum absolute atomic E-state index is 0.126. The van der Waals surface area contributed by atoms with Gasteiger partial charge in [-0.05, 0) is 48.5 Å². The first-order valence-corrected chi connectivity index (χ1v) is 13.6. The Labute approximate surface area is 251 Å². The summed E-state index contributed by atoms with van der Waals surface area (Å²) in [7, 11) is 0. The molecule has 0 radical (unpaired) electrons. The van der Waals surface area contributed by atoms with Gasteiger partial charge in [-0.1, -0.05) is 41.9 Å². The first kappa shape index (κ1) is 25.7. The number of benzene rings is 5. The van der Waals surface area contributed by atoms with Crippen LogP contribution in [0, 0.1) is 0 Å². The molecule has 0 spiro atoms. The van der Waals surface area contributed by atoms with Crippen LogP contribution in [0.2, 0.25) is 5.02 Å². The van der Waals surface area contributed by atoms with Crippen LogP contribution >= 0.6 is 11.6 Å². The molecule has 0 aliphatic rings. The number of para-hydroxylation sites is 1. The summed E-state index contributed by atoms with van der Waals surface area (Å²) in [5.41, 5.74) is 2.99. The molecule has 3 aromatic heterocycles. The van der Waals surface area contributed by atoms with E-state index < -0.39 is 34.3 Å². The van der Waals surface area contributed by atoms with Crippen LogP contribution in [0.15, 0.2) is 87.7 Å². The lowest BCUT2D eigenvalue weighted by molar-refractivity contribution is 0.329. The molecule has 0 saturated heterocycles. The molecule has 0 saturated carbocycles. The minimum Gasteiger partial charge on any atom is -0.504 e. The SMILES string of the molecule is Oc1c(O)c(O)c(-c2nc(-c3ccc4c(c3)oc3ccccc34)nc(-c3ccc4c(c3)oc3ccc(Cl)cc34)n2)c(O)c1O. The standard InChI is InChI=1S/C33H18ClN3O7/c34-16-7-10-22-20(13-16)19-9-6-15(12-24(19)44-22)32-35-31(14-5-8-18-17-3-1-2-4-21(17)43-23(18)11-14)36-33(37-32)25-26(38)28(40)30(42)29(41)27(25)39/h1-13,38-42H. The van der Waals surface area contributed by atoms with Crippen molar-refractivity contribution < 1.29 is 34.4 Å². The van der Waals surface area contributed by atoms with Crippen molar-refractivity contribution in [2.45, 2.75) is 0 Å². The Bertz CT molecular complexity index is 2460. The van der Waals surface area contributed by atoms with Crippen LogP contribution in [0.1, 0.15) is 0 Å². The fourth-order valence-electron chi connectivity index (χ4n) is 5.40. The van der Waals surface area contributed by atoms with Crippen LogP contribution in [0.5, 0.6) is 28.7 Å². The number of hydrogen-bond acceptors (Lipinski definition) is 10. The van der Waals surface area contributed by atoms with Crippen LogP contribution in [0.4, 0.5) is 0 Å². The lowest BCUT2D eigenvalue weighted by Crippen LogP contribution is -2.01. The highest BCUT2D eigenvalue weighted by Gasteiger charge is 2.27. The topological polar surface area (TPSA) is 166 Å². The zero-order valence-electron chi connectivity index (χ0n) is 22.3. The monoisotopic (exact) mass is 603 g/mol. The summed E-state index contributed by atoms with van der Waals surface area (Å²) in [5, 5.41) is 55.9. The molecule has 0 fully saturated rings. The molecule has 0 bridgehead atoms. The number of phenolic OH excluding ortho intramolecular Hbond substituents is 5. The van der Waals surface area contributed by atoms with E-state index in [1.165, 1.54) is 0 Å². The Morgan fingerprint density at radius 2 is 0.955 bits per heavy atom. The number of hydrogen-bond donors (Lipinski definition) is 5. The van der Waals surface area contributed by atoms with Gasteiger partial charge >= 0.3 is 0 Å². The van der Waals surface area contributed by atoms with Crippen molar-refractivity contribution in [1.82, 2.24) is 15.0 Å². The average Bonchev–Trinajstić information content (AvgIpc) is 3.59. The van der Waals surface area contributed by atoms with Gasteiger partial charge in [0.15, 0.2) is 29.0 Å². The largest absolute Gasteiger partial charge is 0.504 e. The predicted molar refractivity (Wildman–Crippen MR) is 164 cm³/mol. The number of aromatic hydroxyl groups is 5. The molecular formula is C33H18ClN3O7. The Morgan fingerprint density at radius 1 is 0.455 bits per heavy atom. The van der Waals surface area contributed by atoms with Crippen LogP contribution in [-0.4, -0.2) is 40.5 Å². The summed E-state index contributed by atoms with van der Waals surface area (Å²) in [4.78, 5) is 13.6. The van der Waals surface area contributed by atoms with E-state index in [4.69, 9.17) is 25.4 Å². The molecule has 44 heavy (non-hydrogen) atoms. The van der Waals surface area contributed by atoms with Gasteiger partial charge in [0.05, 0.1) is 0 Å². The third-order valence-corrected chi connectivity index (χ3v) is 7.79. The normalized spacial score (nSPS) is 11.8. The second kappa shape index (κ2) is 9.25. The van der Waals surface area contributed by atoms with Crippen molar-refractivity contribution >= 4 is 55.5 Å². The Hall–Kier alpha value is -6.00. The maximum Gasteiger partial charge on any atom is 0.208 e. The number of halogens is 1.